The van der Waals surface area contributed by atoms with E-state index in [-0.39, 0.29) is 5.91 Å². The maximum absolute atomic E-state index is 12.0. The number of benzene rings is 1. The topological polar surface area (TPSA) is 41.1 Å². The third kappa shape index (κ3) is 3.94. The van der Waals surface area contributed by atoms with Crippen LogP contribution in [0.2, 0.25) is 0 Å². The lowest BCUT2D eigenvalue weighted by atomic mass is 10.0. The molecule has 1 amide bonds. The molecule has 108 valence electrons. The molecule has 1 aliphatic heterocycles. The Hall–Kier alpha value is -1.61. The minimum absolute atomic E-state index is 0.0141. The van der Waals surface area contributed by atoms with Gasteiger partial charge in [-0.15, -0.1) is 0 Å². The van der Waals surface area contributed by atoms with Crippen LogP contribution in [0.15, 0.2) is 35.4 Å². The van der Waals surface area contributed by atoms with E-state index in [1.165, 1.54) is 30.4 Å². The van der Waals surface area contributed by atoms with E-state index in [2.05, 4.69) is 29.7 Å². The summed E-state index contributed by atoms with van der Waals surface area (Å²) < 4.78 is 0. The van der Waals surface area contributed by atoms with Crippen LogP contribution in [0.4, 0.5) is 5.69 Å². The molecule has 1 saturated heterocycles. The zero-order chi connectivity index (χ0) is 14.4. The number of anilines is 1. The van der Waals surface area contributed by atoms with E-state index in [4.69, 9.17) is 0 Å². The summed E-state index contributed by atoms with van der Waals surface area (Å²) in [5.74, 6) is 0.0141. The highest BCUT2D eigenvalue weighted by Gasteiger charge is 2.15. The fourth-order valence-corrected chi connectivity index (χ4v) is 2.23. The number of hydrogen-bond acceptors (Lipinski definition) is 2. The van der Waals surface area contributed by atoms with Crippen molar-refractivity contribution in [2.24, 2.45) is 0 Å². The summed E-state index contributed by atoms with van der Waals surface area (Å²) in [6.07, 6.45) is 4.88. The first-order valence-electron chi connectivity index (χ1n) is 7.50. The van der Waals surface area contributed by atoms with Crippen LogP contribution in [0.3, 0.4) is 0 Å². The highest BCUT2D eigenvalue weighted by molar-refractivity contribution is 6.04. The number of rotatable bonds is 6. The number of carbonyl (C=O) groups is 1. The van der Waals surface area contributed by atoms with Gasteiger partial charge >= 0.3 is 0 Å². The highest BCUT2D eigenvalue weighted by atomic mass is 16.1. The number of carbonyl (C=O) groups excluding carboxylic acids is 1. The first-order valence-corrected chi connectivity index (χ1v) is 7.50. The molecule has 1 aromatic rings. The van der Waals surface area contributed by atoms with E-state index in [0.717, 1.165) is 30.8 Å². The summed E-state index contributed by atoms with van der Waals surface area (Å²) in [5, 5.41) is 6.12. The summed E-state index contributed by atoms with van der Waals surface area (Å²) in [4.78, 5) is 12.0. The fraction of sp³-hybridized carbons (Fsp3) is 0.471. The van der Waals surface area contributed by atoms with Gasteiger partial charge in [-0.25, -0.2) is 0 Å². The molecule has 0 unspecified atom stereocenters. The van der Waals surface area contributed by atoms with Crippen LogP contribution in [-0.2, 0) is 11.2 Å². The van der Waals surface area contributed by atoms with Gasteiger partial charge in [-0.3, -0.25) is 4.79 Å². The molecule has 0 atom stereocenters. The van der Waals surface area contributed by atoms with Crippen molar-refractivity contribution >= 4 is 11.6 Å². The molecule has 0 saturated carbocycles. The van der Waals surface area contributed by atoms with Gasteiger partial charge in [-0.2, -0.15) is 0 Å². The van der Waals surface area contributed by atoms with Crippen molar-refractivity contribution in [3.8, 4) is 0 Å². The van der Waals surface area contributed by atoms with Crippen molar-refractivity contribution in [1.82, 2.24) is 5.32 Å². The molecular weight excluding hydrogens is 248 g/mol. The summed E-state index contributed by atoms with van der Waals surface area (Å²) >= 11 is 0. The Labute approximate surface area is 121 Å². The maximum Gasteiger partial charge on any atom is 0.251 e. The predicted molar refractivity (Wildman–Crippen MR) is 83.9 cm³/mol. The van der Waals surface area contributed by atoms with Crippen molar-refractivity contribution < 1.29 is 4.79 Å². The number of hydrogen-bond donors (Lipinski definition) is 2. The van der Waals surface area contributed by atoms with Gasteiger partial charge in [-0.05, 0) is 43.0 Å². The lowest BCUT2D eigenvalue weighted by Gasteiger charge is -2.21. The second-order valence-electron chi connectivity index (χ2n) is 5.44. The van der Waals surface area contributed by atoms with Gasteiger partial charge in [0.25, 0.3) is 5.91 Å². The Morgan fingerprint density at radius 2 is 1.90 bits per heavy atom. The first-order chi connectivity index (χ1) is 9.70. The highest BCUT2D eigenvalue weighted by Crippen LogP contribution is 2.15. The molecule has 3 heteroatoms. The quantitative estimate of drug-likeness (QED) is 0.616. The standard InChI is InChI=1S/C17H24N2O/c1-3-4-5-6-14-7-9-16(10-8-14)19-17(20)13(2)15-11-18-12-15/h7-10,18H,3-6,11-12H2,1-2H3,(H,19,20). The van der Waals surface area contributed by atoms with Gasteiger partial charge in [0, 0.05) is 24.4 Å². The third-order valence-electron chi connectivity index (χ3n) is 3.83. The Balaban J connectivity index is 1.88. The second-order valence-corrected chi connectivity index (χ2v) is 5.44. The van der Waals surface area contributed by atoms with Crippen LogP contribution >= 0.6 is 0 Å². The Bertz CT molecular complexity index is 482. The molecule has 20 heavy (non-hydrogen) atoms. The molecule has 1 aromatic carbocycles. The van der Waals surface area contributed by atoms with Crippen molar-refractivity contribution in [2.75, 3.05) is 18.4 Å². The predicted octanol–water partition coefficient (Wildman–Crippen LogP) is 3.28. The normalized spacial score (nSPS) is 13.8. The van der Waals surface area contributed by atoms with Crippen LogP contribution in [0.1, 0.15) is 38.7 Å². The van der Waals surface area contributed by atoms with E-state index in [1.54, 1.807) is 0 Å². The Morgan fingerprint density at radius 3 is 2.45 bits per heavy atom. The molecule has 2 N–H and O–H groups in total. The third-order valence-corrected chi connectivity index (χ3v) is 3.83. The zero-order valence-electron chi connectivity index (χ0n) is 12.5. The smallest absolute Gasteiger partial charge is 0.251 e. The summed E-state index contributed by atoms with van der Waals surface area (Å²) in [6, 6.07) is 8.21. The minimum atomic E-state index is 0.0141. The van der Waals surface area contributed by atoms with Crippen molar-refractivity contribution in [3.05, 3.63) is 41.0 Å². The van der Waals surface area contributed by atoms with Gasteiger partial charge in [0.05, 0.1) is 0 Å². The van der Waals surface area contributed by atoms with E-state index < -0.39 is 0 Å². The van der Waals surface area contributed by atoms with Crippen LogP contribution in [0.5, 0.6) is 0 Å². The van der Waals surface area contributed by atoms with Crippen LogP contribution in [0.25, 0.3) is 0 Å². The van der Waals surface area contributed by atoms with Crippen LogP contribution in [0, 0.1) is 0 Å². The average molecular weight is 272 g/mol. The van der Waals surface area contributed by atoms with Gasteiger partial charge in [0.15, 0.2) is 0 Å². The lowest BCUT2D eigenvalue weighted by Crippen LogP contribution is -2.36. The Morgan fingerprint density at radius 1 is 1.20 bits per heavy atom. The molecule has 3 nitrogen and oxygen atoms in total. The lowest BCUT2D eigenvalue weighted by molar-refractivity contribution is -0.112. The molecular formula is C17H24N2O. The molecule has 0 radical (unpaired) electrons. The molecule has 0 aromatic heterocycles. The number of aryl methyl sites for hydroxylation is 1. The minimum Gasteiger partial charge on any atom is -0.322 e. The molecule has 0 bridgehead atoms. The summed E-state index contributed by atoms with van der Waals surface area (Å²) in [5.41, 5.74) is 4.27. The first kappa shape index (κ1) is 14.8. The number of unbranched alkanes of at least 4 members (excludes halogenated alkanes) is 2. The monoisotopic (exact) mass is 272 g/mol. The SMILES string of the molecule is CCCCCc1ccc(NC(=O)C(C)=C2CNC2)cc1. The Kier molecular flexibility index (Phi) is 5.36. The van der Waals surface area contributed by atoms with Gasteiger partial charge in [0.2, 0.25) is 0 Å². The van der Waals surface area contributed by atoms with Gasteiger partial charge < -0.3 is 10.6 Å². The zero-order valence-corrected chi connectivity index (χ0v) is 12.5. The number of amides is 1. The maximum atomic E-state index is 12.0. The molecule has 2 rings (SSSR count). The van der Waals surface area contributed by atoms with Crippen LogP contribution in [-0.4, -0.2) is 19.0 Å². The van der Waals surface area contributed by atoms with Crippen molar-refractivity contribution in [2.45, 2.75) is 39.5 Å². The van der Waals surface area contributed by atoms with Crippen molar-refractivity contribution in [1.29, 1.82) is 0 Å². The summed E-state index contributed by atoms with van der Waals surface area (Å²) in [7, 11) is 0. The summed E-state index contributed by atoms with van der Waals surface area (Å²) in [6.45, 7) is 5.79. The molecule has 1 heterocycles. The van der Waals surface area contributed by atoms with E-state index in [1.807, 2.05) is 19.1 Å². The largest absolute Gasteiger partial charge is 0.322 e. The number of nitrogens with one attached hydrogen (secondary N) is 2. The molecule has 0 spiro atoms. The van der Waals surface area contributed by atoms with E-state index >= 15 is 0 Å². The molecule has 0 aliphatic carbocycles. The molecule has 1 aliphatic rings. The van der Waals surface area contributed by atoms with Crippen molar-refractivity contribution in [3.63, 3.8) is 0 Å². The van der Waals surface area contributed by atoms with Gasteiger partial charge in [-0.1, -0.05) is 31.9 Å². The van der Waals surface area contributed by atoms with Crippen LogP contribution < -0.4 is 10.6 Å². The average Bonchev–Trinajstić information content (AvgIpc) is 2.39. The fourth-order valence-electron chi connectivity index (χ4n) is 2.23. The van der Waals surface area contributed by atoms with E-state index in [9.17, 15) is 4.79 Å². The molecule has 1 fully saturated rings. The second kappa shape index (κ2) is 7.25. The van der Waals surface area contributed by atoms with Gasteiger partial charge in [0.1, 0.15) is 0 Å². The van der Waals surface area contributed by atoms with E-state index in [0.29, 0.717) is 0 Å².